The molecule has 0 atom stereocenters. The number of likely N-dealkylation sites (N-methyl/N-ethyl adjacent to an activating group) is 1. The van der Waals surface area contributed by atoms with Crippen molar-refractivity contribution in [2.24, 2.45) is 0 Å². The number of carbonyl (C=O) groups excluding carboxylic acids is 2. The van der Waals surface area contributed by atoms with E-state index in [0.717, 1.165) is 37.1 Å². The molecule has 1 aliphatic rings. The third kappa shape index (κ3) is 4.66. The summed E-state index contributed by atoms with van der Waals surface area (Å²) in [5.74, 6) is 0.227. The molecule has 3 rings (SSSR count). The Morgan fingerprint density at radius 3 is 2.76 bits per heavy atom. The summed E-state index contributed by atoms with van der Waals surface area (Å²) in [4.78, 5) is 29.4. The highest BCUT2D eigenvalue weighted by Gasteiger charge is 2.17. The van der Waals surface area contributed by atoms with E-state index in [2.05, 4.69) is 16.4 Å². The second kappa shape index (κ2) is 7.92. The molecule has 130 valence electrons. The van der Waals surface area contributed by atoms with E-state index in [9.17, 15) is 9.59 Å². The smallest absolute Gasteiger partial charge is 0.228 e. The molecule has 0 radical (unpaired) electrons. The van der Waals surface area contributed by atoms with Gasteiger partial charge < -0.3 is 10.2 Å². The van der Waals surface area contributed by atoms with Crippen molar-refractivity contribution in [2.45, 2.75) is 32.1 Å². The predicted molar refractivity (Wildman–Crippen MR) is 97.3 cm³/mol. The summed E-state index contributed by atoms with van der Waals surface area (Å²) >= 11 is 0. The second-order valence-electron chi connectivity index (χ2n) is 6.49. The Hall–Kier alpha value is -2.69. The van der Waals surface area contributed by atoms with Gasteiger partial charge >= 0.3 is 0 Å². The van der Waals surface area contributed by atoms with E-state index in [0.29, 0.717) is 12.8 Å². The number of anilines is 1. The average Bonchev–Trinajstić information content (AvgIpc) is 2.99. The van der Waals surface area contributed by atoms with Gasteiger partial charge in [-0.1, -0.05) is 12.1 Å². The fraction of sp³-hybridized carbons (Fsp3) is 0.350. The molecule has 1 aromatic heterocycles. The van der Waals surface area contributed by atoms with Crippen molar-refractivity contribution in [1.82, 2.24) is 9.88 Å². The van der Waals surface area contributed by atoms with Crippen LogP contribution < -0.4 is 5.32 Å². The molecule has 0 fully saturated rings. The Bertz CT molecular complexity index is 759. The highest BCUT2D eigenvalue weighted by atomic mass is 16.2. The Morgan fingerprint density at radius 2 is 1.96 bits per heavy atom. The zero-order valence-corrected chi connectivity index (χ0v) is 14.5. The summed E-state index contributed by atoms with van der Waals surface area (Å²) in [5.41, 5.74) is 4.35. The summed E-state index contributed by atoms with van der Waals surface area (Å²) in [6.07, 6.45) is 7.06. The number of hydrogen-bond donors (Lipinski definition) is 1. The maximum atomic E-state index is 12.2. The maximum Gasteiger partial charge on any atom is 0.228 e. The van der Waals surface area contributed by atoms with Gasteiger partial charge in [0, 0.05) is 38.1 Å². The predicted octanol–water partition coefficient (Wildman–Crippen LogP) is 2.60. The number of aryl methyl sites for hydroxylation is 1. The monoisotopic (exact) mass is 337 g/mol. The van der Waals surface area contributed by atoms with Crippen LogP contribution in [0.4, 0.5) is 5.69 Å². The van der Waals surface area contributed by atoms with Gasteiger partial charge in [0.25, 0.3) is 0 Å². The summed E-state index contributed by atoms with van der Waals surface area (Å²) in [6, 6.07) is 10.0. The van der Waals surface area contributed by atoms with Crippen molar-refractivity contribution in [3.8, 4) is 0 Å². The van der Waals surface area contributed by atoms with Gasteiger partial charge in [-0.25, -0.2) is 0 Å². The van der Waals surface area contributed by atoms with Gasteiger partial charge in [-0.2, -0.15) is 0 Å². The van der Waals surface area contributed by atoms with Gasteiger partial charge in [0.05, 0.1) is 6.42 Å². The lowest BCUT2D eigenvalue weighted by Crippen LogP contribution is -2.28. The molecule has 0 aliphatic carbocycles. The number of rotatable bonds is 7. The minimum absolute atomic E-state index is 0.0538. The standard InChI is InChI=1S/C20H23N3O2/c1-23(12-9-15-7-10-21-11-8-15)20(25)4-2-3-16-5-6-18-17(13-16)14-19(24)22-18/h5-8,10-11,13H,2-4,9,12,14H2,1H3,(H,22,24). The number of amides is 2. The number of pyridine rings is 1. The number of aromatic nitrogens is 1. The molecule has 2 amide bonds. The van der Waals surface area contributed by atoms with Crippen molar-refractivity contribution >= 4 is 17.5 Å². The Kier molecular flexibility index (Phi) is 5.43. The van der Waals surface area contributed by atoms with Gasteiger partial charge in [-0.3, -0.25) is 14.6 Å². The van der Waals surface area contributed by atoms with Gasteiger partial charge in [-0.15, -0.1) is 0 Å². The molecule has 0 saturated heterocycles. The zero-order chi connectivity index (χ0) is 17.6. The first-order valence-electron chi connectivity index (χ1n) is 8.66. The van der Waals surface area contributed by atoms with E-state index >= 15 is 0 Å². The molecule has 25 heavy (non-hydrogen) atoms. The van der Waals surface area contributed by atoms with Crippen molar-refractivity contribution < 1.29 is 9.59 Å². The lowest BCUT2D eigenvalue weighted by molar-refractivity contribution is -0.130. The van der Waals surface area contributed by atoms with Crippen LogP contribution in [0.2, 0.25) is 0 Å². The first-order chi connectivity index (χ1) is 12.1. The van der Waals surface area contributed by atoms with Gasteiger partial charge in [0.1, 0.15) is 0 Å². The van der Waals surface area contributed by atoms with Crippen molar-refractivity contribution in [3.63, 3.8) is 0 Å². The Balaban J connectivity index is 1.42. The normalized spacial score (nSPS) is 12.6. The average molecular weight is 337 g/mol. The third-order valence-electron chi connectivity index (χ3n) is 4.56. The molecule has 2 heterocycles. The first-order valence-corrected chi connectivity index (χ1v) is 8.66. The van der Waals surface area contributed by atoms with E-state index in [1.807, 2.05) is 31.3 Å². The molecule has 2 aromatic rings. The molecule has 0 bridgehead atoms. The zero-order valence-electron chi connectivity index (χ0n) is 14.5. The maximum absolute atomic E-state index is 12.2. The lowest BCUT2D eigenvalue weighted by Gasteiger charge is -2.17. The van der Waals surface area contributed by atoms with Crippen LogP contribution in [-0.4, -0.2) is 35.3 Å². The molecule has 0 unspecified atom stereocenters. The second-order valence-corrected chi connectivity index (χ2v) is 6.49. The molecule has 5 heteroatoms. The number of nitrogens with zero attached hydrogens (tertiary/aromatic N) is 2. The van der Waals surface area contributed by atoms with E-state index in [4.69, 9.17) is 0 Å². The van der Waals surface area contributed by atoms with Crippen LogP contribution in [0, 0.1) is 0 Å². The Labute approximate surface area is 148 Å². The number of benzene rings is 1. The first kappa shape index (κ1) is 17.1. The van der Waals surface area contributed by atoms with Crippen molar-refractivity contribution in [1.29, 1.82) is 0 Å². The molecule has 1 aliphatic heterocycles. The lowest BCUT2D eigenvalue weighted by atomic mass is 10.0. The topological polar surface area (TPSA) is 62.3 Å². The molecule has 0 saturated carbocycles. The third-order valence-corrected chi connectivity index (χ3v) is 4.56. The summed E-state index contributed by atoms with van der Waals surface area (Å²) in [6.45, 7) is 0.718. The fourth-order valence-corrected chi connectivity index (χ4v) is 3.04. The van der Waals surface area contributed by atoms with Crippen LogP contribution in [-0.2, 0) is 28.9 Å². The van der Waals surface area contributed by atoms with Crippen LogP contribution in [0.25, 0.3) is 0 Å². The summed E-state index contributed by atoms with van der Waals surface area (Å²) < 4.78 is 0. The van der Waals surface area contributed by atoms with Crippen LogP contribution in [0.3, 0.4) is 0 Å². The number of hydrogen-bond acceptors (Lipinski definition) is 3. The number of nitrogens with one attached hydrogen (secondary N) is 1. The molecular weight excluding hydrogens is 314 g/mol. The highest BCUT2D eigenvalue weighted by Crippen LogP contribution is 2.24. The minimum Gasteiger partial charge on any atom is -0.345 e. The van der Waals surface area contributed by atoms with Crippen molar-refractivity contribution in [3.05, 3.63) is 59.4 Å². The number of carbonyl (C=O) groups is 2. The SMILES string of the molecule is CN(CCc1ccncc1)C(=O)CCCc1ccc2c(c1)CC(=O)N2. The van der Waals surface area contributed by atoms with E-state index in [1.54, 1.807) is 17.3 Å². The molecule has 1 N–H and O–H groups in total. The quantitative estimate of drug-likeness (QED) is 0.845. The fourth-order valence-electron chi connectivity index (χ4n) is 3.04. The highest BCUT2D eigenvalue weighted by molar-refractivity contribution is 5.99. The van der Waals surface area contributed by atoms with E-state index in [-0.39, 0.29) is 11.8 Å². The van der Waals surface area contributed by atoms with Gasteiger partial charge in [-0.05, 0) is 54.2 Å². The molecular formula is C20H23N3O2. The molecule has 0 spiro atoms. The van der Waals surface area contributed by atoms with Crippen LogP contribution in [0.5, 0.6) is 0 Å². The van der Waals surface area contributed by atoms with Crippen LogP contribution in [0.15, 0.2) is 42.7 Å². The van der Waals surface area contributed by atoms with Crippen molar-refractivity contribution in [2.75, 3.05) is 18.9 Å². The van der Waals surface area contributed by atoms with Gasteiger partial charge in [0.15, 0.2) is 0 Å². The molecule has 5 nitrogen and oxygen atoms in total. The van der Waals surface area contributed by atoms with E-state index in [1.165, 1.54) is 11.1 Å². The largest absolute Gasteiger partial charge is 0.345 e. The van der Waals surface area contributed by atoms with Crippen LogP contribution in [0.1, 0.15) is 29.5 Å². The minimum atomic E-state index is 0.0538. The molecule has 1 aromatic carbocycles. The summed E-state index contributed by atoms with van der Waals surface area (Å²) in [7, 11) is 1.86. The number of fused-ring (bicyclic) bond motifs is 1. The Morgan fingerprint density at radius 1 is 1.16 bits per heavy atom. The van der Waals surface area contributed by atoms with Gasteiger partial charge in [0.2, 0.25) is 11.8 Å². The van der Waals surface area contributed by atoms with Crippen LogP contribution >= 0.6 is 0 Å². The van der Waals surface area contributed by atoms with E-state index < -0.39 is 0 Å². The summed E-state index contributed by atoms with van der Waals surface area (Å²) in [5, 5.41) is 2.84.